The topological polar surface area (TPSA) is 67.6 Å². The zero-order chi connectivity index (χ0) is 11.0. The molecule has 0 aliphatic carbocycles. The molecule has 0 radical (unpaired) electrons. The van der Waals surface area contributed by atoms with Crippen LogP contribution in [0.5, 0.6) is 0 Å². The Morgan fingerprint density at radius 3 is 3.12 bits per heavy atom. The van der Waals surface area contributed by atoms with Crippen molar-refractivity contribution in [3.05, 3.63) is 30.0 Å². The van der Waals surface area contributed by atoms with Crippen molar-refractivity contribution in [3.8, 4) is 0 Å². The summed E-state index contributed by atoms with van der Waals surface area (Å²) in [5.74, 6) is 0.519. The molecular formula is C10H8N4S2. The summed E-state index contributed by atoms with van der Waals surface area (Å²) in [6.07, 6.45) is 3.38. The quantitative estimate of drug-likeness (QED) is 0.731. The Hall–Kier alpha value is -1.53. The number of rotatable bonds is 2. The second kappa shape index (κ2) is 3.80. The van der Waals surface area contributed by atoms with E-state index in [1.54, 1.807) is 23.1 Å². The van der Waals surface area contributed by atoms with Crippen LogP contribution in [0.25, 0.3) is 11.0 Å². The molecule has 0 bridgehead atoms. The number of nitrogens with one attached hydrogen (secondary N) is 1. The molecule has 3 N–H and O–H groups in total. The minimum atomic E-state index is 0.519. The van der Waals surface area contributed by atoms with Crippen LogP contribution in [-0.4, -0.2) is 15.0 Å². The molecule has 4 nitrogen and oxygen atoms in total. The molecule has 3 aromatic rings. The van der Waals surface area contributed by atoms with Gasteiger partial charge in [0, 0.05) is 11.1 Å². The van der Waals surface area contributed by atoms with E-state index in [-0.39, 0.29) is 0 Å². The van der Waals surface area contributed by atoms with Crippen molar-refractivity contribution in [2.24, 2.45) is 0 Å². The number of aromatic amines is 1. The summed E-state index contributed by atoms with van der Waals surface area (Å²) >= 11 is 3.37. The summed E-state index contributed by atoms with van der Waals surface area (Å²) in [5.41, 5.74) is 6.63. The molecule has 0 amide bonds. The summed E-state index contributed by atoms with van der Waals surface area (Å²) in [4.78, 5) is 12.3. The zero-order valence-corrected chi connectivity index (χ0v) is 9.81. The minimum Gasteiger partial charge on any atom is -0.383 e. The van der Waals surface area contributed by atoms with Crippen LogP contribution in [0.1, 0.15) is 0 Å². The van der Waals surface area contributed by atoms with Crippen molar-refractivity contribution < 1.29 is 0 Å². The van der Waals surface area contributed by atoms with Gasteiger partial charge in [0.15, 0.2) is 0 Å². The molecule has 0 aliphatic heterocycles. The highest BCUT2D eigenvalue weighted by Crippen LogP contribution is 2.36. The molecule has 16 heavy (non-hydrogen) atoms. The van der Waals surface area contributed by atoms with Crippen LogP contribution in [0.3, 0.4) is 0 Å². The Labute approximate surface area is 99.9 Å². The standard InChI is InChI=1S/C10H8N4S2/c11-9-8-6(16-7-2-1-3-15-7)4-12-10(8)14-5-13-9/h1-5H,(H3,11,12,13,14). The predicted molar refractivity (Wildman–Crippen MR) is 66.7 cm³/mol. The van der Waals surface area contributed by atoms with E-state index in [9.17, 15) is 0 Å². The van der Waals surface area contributed by atoms with Gasteiger partial charge in [-0.3, -0.25) is 0 Å². The highest BCUT2D eigenvalue weighted by atomic mass is 32.2. The number of nitrogen functional groups attached to an aromatic ring is 1. The summed E-state index contributed by atoms with van der Waals surface area (Å²) in [5, 5.41) is 2.96. The summed E-state index contributed by atoms with van der Waals surface area (Å²) < 4.78 is 1.23. The number of anilines is 1. The summed E-state index contributed by atoms with van der Waals surface area (Å²) in [6, 6.07) is 4.11. The molecule has 0 spiro atoms. The van der Waals surface area contributed by atoms with Gasteiger partial charge in [0.1, 0.15) is 17.8 Å². The van der Waals surface area contributed by atoms with Crippen LogP contribution in [0.2, 0.25) is 0 Å². The van der Waals surface area contributed by atoms with E-state index in [1.165, 1.54) is 10.5 Å². The van der Waals surface area contributed by atoms with E-state index in [4.69, 9.17) is 5.73 Å². The van der Waals surface area contributed by atoms with Gasteiger partial charge in [-0.15, -0.1) is 11.3 Å². The highest BCUT2D eigenvalue weighted by Gasteiger charge is 2.10. The van der Waals surface area contributed by atoms with Crippen molar-refractivity contribution in [1.82, 2.24) is 15.0 Å². The number of hydrogen-bond acceptors (Lipinski definition) is 5. The first-order valence-corrected chi connectivity index (χ1v) is 6.33. The van der Waals surface area contributed by atoms with Crippen LogP contribution in [0, 0.1) is 0 Å². The van der Waals surface area contributed by atoms with Crippen LogP contribution in [-0.2, 0) is 0 Å². The highest BCUT2D eigenvalue weighted by molar-refractivity contribution is 8.01. The lowest BCUT2D eigenvalue weighted by Gasteiger charge is -1.98. The van der Waals surface area contributed by atoms with Gasteiger partial charge in [-0.2, -0.15) is 0 Å². The van der Waals surface area contributed by atoms with Crippen molar-refractivity contribution in [3.63, 3.8) is 0 Å². The molecule has 0 unspecified atom stereocenters. The Balaban J connectivity index is 2.10. The Kier molecular flexibility index (Phi) is 2.30. The van der Waals surface area contributed by atoms with Gasteiger partial charge in [0.25, 0.3) is 0 Å². The van der Waals surface area contributed by atoms with Crippen molar-refractivity contribution >= 4 is 39.9 Å². The predicted octanol–water partition coefficient (Wildman–Crippen LogP) is 2.75. The number of aromatic nitrogens is 3. The molecule has 0 saturated heterocycles. The molecule has 0 saturated carbocycles. The lowest BCUT2D eigenvalue weighted by Crippen LogP contribution is -1.91. The van der Waals surface area contributed by atoms with E-state index in [1.807, 2.05) is 12.3 Å². The Morgan fingerprint density at radius 2 is 2.31 bits per heavy atom. The van der Waals surface area contributed by atoms with E-state index >= 15 is 0 Å². The molecule has 80 valence electrons. The normalized spacial score (nSPS) is 11.0. The maximum absolute atomic E-state index is 5.85. The number of fused-ring (bicyclic) bond motifs is 1. The van der Waals surface area contributed by atoms with Crippen LogP contribution < -0.4 is 5.73 Å². The average molecular weight is 248 g/mol. The Morgan fingerprint density at radius 1 is 1.38 bits per heavy atom. The summed E-state index contributed by atoms with van der Waals surface area (Å²) in [7, 11) is 0. The van der Waals surface area contributed by atoms with Gasteiger partial charge in [-0.05, 0) is 11.4 Å². The van der Waals surface area contributed by atoms with Gasteiger partial charge >= 0.3 is 0 Å². The minimum absolute atomic E-state index is 0.519. The molecule has 3 aromatic heterocycles. The average Bonchev–Trinajstić information content (AvgIpc) is 2.90. The van der Waals surface area contributed by atoms with E-state index < -0.39 is 0 Å². The third kappa shape index (κ3) is 1.56. The zero-order valence-electron chi connectivity index (χ0n) is 8.18. The monoisotopic (exact) mass is 248 g/mol. The van der Waals surface area contributed by atoms with Gasteiger partial charge in [0.2, 0.25) is 0 Å². The first-order chi connectivity index (χ1) is 7.84. The molecule has 0 fully saturated rings. The molecule has 0 atom stereocenters. The van der Waals surface area contributed by atoms with Gasteiger partial charge in [-0.25, -0.2) is 9.97 Å². The van der Waals surface area contributed by atoms with E-state index in [0.29, 0.717) is 5.82 Å². The number of nitrogens with zero attached hydrogens (tertiary/aromatic N) is 2. The van der Waals surface area contributed by atoms with Gasteiger partial charge in [-0.1, -0.05) is 17.8 Å². The number of H-pyrrole nitrogens is 1. The molecule has 3 rings (SSSR count). The molecule has 0 aromatic carbocycles. The molecular weight excluding hydrogens is 240 g/mol. The number of thiophene rings is 1. The second-order valence-electron chi connectivity index (χ2n) is 3.17. The second-order valence-corrected chi connectivity index (χ2v) is 5.46. The Bertz CT molecular complexity index is 615. The maximum Gasteiger partial charge on any atom is 0.144 e. The van der Waals surface area contributed by atoms with Crippen molar-refractivity contribution in [1.29, 1.82) is 0 Å². The first kappa shape index (κ1) is 9.68. The van der Waals surface area contributed by atoms with E-state index in [0.717, 1.165) is 15.9 Å². The van der Waals surface area contributed by atoms with E-state index in [2.05, 4.69) is 26.4 Å². The SMILES string of the molecule is Nc1ncnc2[nH]cc(Sc3cccs3)c12. The fourth-order valence-electron chi connectivity index (χ4n) is 1.47. The van der Waals surface area contributed by atoms with Crippen LogP contribution >= 0.6 is 23.1 Å². The third-order valence-corrected chi connectivity index (χ3v) is 4.25. The smallest absolute Gasteiger partial charge is 0.144 e. The number of hydrogen-bond donors (Lipinski definition) is 2. The van der Waals surface area contributed by atoms with Crippen molar-refractivity contribution in [2.75, 3.05) is 5.73 Å². The summed E-state index contributed by atoms with van der Waals surface area (Å²) in [6.45, 7) is 0. The molecule has 0 aliphatic rings. The first-order valence-electron chi connectivity index (χ1n) is 4.63. The van der Waals surface area contributed by atoms with Gasteiger partial charge in [0.05, 0.1) is 9.60 Å². The maximum atomic E-state index is 5.85. The fourth-order valence-corrected chi connectivity index (χ4v) is 3.33. The molecule has 3 heterocycles. The van der Waals surface area contributed by atoms with Crippen molar-refractivity contribution in [2.45, 2.75) is 9.10 Å². The van der Waals surface area contributed by atoms with Crippen LogP contribution in [0.15, 0.2) is 39.1 Å². The lowest BCUT2D eigenvalue weighted by molar-refractivity contribution is 1.21. The lowest BCUT2D eigenvalue weighted by atomic mass is 10.4. The van der Waals surface area contributed by atoms with Crippen LogP contribution in [0.4, 0.5) is 5.82 Å². The molecule has 6 heteroatoms. The largest absolute Gasteiger partial charge is 0.383 e. The third-order valence-electron chi connectivity index (χ3n) is 2.17. The fraction of sp³-hybridized carbons (Fsp3) is 0. The van der Waals surface area contributed by atoms with Gasteiger partial charge < -0.3 is 10.7 Å². The number of nitrogens with two attached hydrogens (primary N) is 1.